The molecule has 82 valence electrons. The van der Waals surface area contributed by atoms with Crippen molar-refractivity contribution < 1.29 is 14.6 Å². The number of methoxy groups -OCH3 is 1. The molecule has 0 atom stereocenters. The Morgan fingerprint density at radius 1 is 1.60 bits per heavy atom. The van der Waals surface area contributed by atoms with Crippen LogP contribution >= 0.6 is 0 Å². The van der Waals surface area contributed by atoms with E-state index in [9.17, 15) is 4.79 Å². The van der Waals surface area contributed by atoms with Crippen molar-refractivity contribution in [2.75, 3.05) is 25.6 Å². The van der Waals surface area contributed by atoms with Gasteiger partial charge in [-0.25, -0.2) is 9.78 Å². The van der Waals surface area contributed by atoms with Gasteiger partial charge in [0.15, 0.2) is 0 Å². The van der Waals surface area contributed by atoms with E-state index in [1.54, 1.807) is 14.0 Å². The number of rotatable bonds is 5. The summed E-state index contributed by atoms with van der Waals surface area (Å²) in [6.45, 7) is 2.91. The number of aromatic carboxylic acids is 1. The highest BCUT2D eigenvalue weighted by Crippen LogP contribution is 2.09. The molecule has 0 aromatic carbocycles. The minimum Gasteiger partial charge on any atom is -0.478 e. The fraction of sp³-hybridized carbons (Fsp3) is 0.400. The molecule has 5 nitrogen and oxygen atoms in total. The molecule has 0 spiro atoms. The summed E-state index contributed by atoms with van der Waals surface area (Å²) in [4.78, 5) is 14.9. The first kappa shape index (κ1) is 11.5. The van der Waals surface area contributed by atoms with Crippen LogP contribution in [0.2, 0.25) is 0 Å². The number of carbonyl (C=O) groups is 1. The van der Waals surface area contributed by atoms with Crippen LogP contribution in [-0.4, -0.2) is 36.3 Å². The lowest BCUT2D eigenvalue weighted by molar-refractivity contribution is 0.0696. The smallest absolute Gasteiger partial charge is 0.335 e. The highest BCUT2D eigenvalue weighted by molar-refractivity contribution is 5.88. The topological polar surface area (TPSA) is 71.5 Å². The van der Waals surface area contributed by atoms with Gasteiger partial charge in [0.2, 0.25) is 0 Å². The van der Waals surface area contributed by atoms with E-state index in [1.807, 2.05) is 0 Å². The molecule has 0 saturated carbocycles. The molecule has 0 aliphatic heterocycles. The molecule has 2 N–H and O–H groups in total. The van der Waals surface area contributed by atoms with Crippen molar-refractivity contribution in [3.05, 3.63) is 23.4 Å². The molecule has 1 aromatic rings. The lowest BCUT2D eigenvalue weighted by atomic mass is 10.2. The Labute approximate surface area is 88.1 Å². The Kier molecular flexibility index (Phi) is 4.05. The summed E-state index contributed by atoms with van der Waals surface area (Å²) in [5.41, 5.74) is 0.914. The fourth-order valence-electron chi connectivity index (χ4n) is 1.16. The van der Waals surface area contributed by atoms with Crippen LogP contribution < -0.4 is 5.32 Å². The summed E-state index contributed by atoms with van der Waals surface area (Å²) in [6.07, 6.45) is 0. The number of pyridine rings is 1. The fourth-order valence-corrected chi connectivity index (χ4v) is 1.16. The Balaban J connectivity index is 2.75. The molecule has 0 unspecified atom stereocenters. The Morgan fingerprint density at radius 2 is 2.33 bits per heavy atom. The molecule has 1 rings (SSSR count). The summed E-state index contributed by atoms with van der Waals surface area (Å²) < 4.78 is 4.86. The number of nitrogens with zero attached hydrogens (tertiary/aromatic N) is 1. The van der Waals surface area contributed by atoms with Crippen molar-refractivity contribution in [2.24, 2.45) is 0 Å². The second-order valence-corrected chi connectivity index (χ2v) is 3.11. The van der Waals surface area contributed by atoms with Gasteiger partial charge < -0.3 is 15.2 Å². The number of hydrogen-bond donors (Lipinski definition) is 2. The zero-order chi connectivity index (χ0) is 11.3. The third kappa shape index (κ3) is 3.55. The van der Waals surface area contributed by atoms with Crippen molar-refractivity contribution in [3.8, 4) is 0 Å². The number of nitrogens with one attached hydrogen (secondary N) is 1. The average molecular weight is 210 g/mol. The van der Waals surface area contributed by atoms with Gasteiger partial charge in [-0.1, -0.05) is 0 Å². The quantitative estimate of drug-likeness (QED) is 0.713. The minimum atomic E-state index is -0.949. The largest absolute Gasteiger partial charge is 0.478 e. The lowest BCUT2D eigenvalue weighted by Crippen LogP contribution is -2.10. The number of carboxylic acids is 1. The van der Waals surface area contributed by atoms with Gasteiger partial charge in [0.1, 0.15) is 5.82 Å². The zero-order valence-corrected chi connectivity index (χ0v) is 8.78. The lowest BCUT2D eigenvalue weighted by Gasteiger charge is -2.06. The first-order valence-electron chi connectivity index (χ1n) is 4.58. The molecule has 5 heteroatoms. The van der Waals surface area contributed by atoms with E-state index in [2.05, 4.69) is 10.3 Å². The van der Waals surface area contributed by atoms with Gasteiger partial charge in [0.25, 0.3) is 0 Å². The number of aryl methyl sites for hydroxylation is 1. The number of anilines is 1. The van der Waals surface area contributed by atoms with Crippen LogP contribution in [0.15, 0.2) is 12.1 Å². The van der Waals surface area contributed by atoms with E-state index < -0.39 is 5.97 Å². The van der Waals surface area contributed by atoms with Crippen LogP contribution in [0.4, 0.5) is 5.82 Å². The molecule has 0 bridgehead atoms. The highest BCUT2D eigenvalue weighted by atomic mass is 16.5. The summed E-state index contributed by atoms with van der Waals surface area (Å²) in [7, 11) is 1.61. The van der Waals surface area contributed by atoms with Gasteiger partial charge in [0, 0.05) is 19.3 Å². The van der Waals surface area contributed by atoms with Gasteiger partial charge in [0.05, 0.1) is 12.2 Å². The van der Waals surface area contributed by atoms with E-state index in [0.29, 0.717) is 24.7 Å². The highest BCUT2D eigenvalue weighted by Gasteiger charge is 2.05. The van der Waals surface area contributed by atoms with Crippen molar-refractivity contribution in [1.29, 1.82) is 0 Å². The Morgan fingerprint density at radius 3 is 2.93 bits per heavy atom. The van der Waals surface area contributed by atoms with Gasteiger partial charge >= 0.3 is 5.97 Å². The average Bonchev–Trinajstić information content (AvgIpc) is 2.17. The van der Waals surface area contributed by atoms with Crippen LogP contribution in [0.25, 0.3) is 0 Å². The van der Waals surface area contributed by atoms with Crippen molar-refractivity contribution in [3.63, 3.8) is 0 Å². The third-order valence-electron chi connectivity index (χ3n) is 1.81. The zero-order valence-electron chi connectivity index (χ0n) is 8.78. The second kappa shape index (κ2) is 5.31. The SMILES string of the molecule is COCCNc1cc(C(=O)O)cc(C)n1. The molecule has 0 radical (unpaired) electrons. The molecular weight excluding hydrogens is 196 g/mol. The second-order valence-electron chi connectivity index (χ2n) is 3.11. The summed E-state index contributed by atoms with van der Waals surface area (Å²) in [5.74, 6) is -0.389. The molecule has 1 heterocycles. The summed E-state index contributed by atoms with van der Waals surface area (Å²) in [6, 6.07) is 3.04. The van der Waals surface area contributed by atoms with E-state index in [4.69, 9.17) is 9.84 Å². The number of carboxylic acid groups (broad SMARTS) is 1. The Hall–Kier alpha value is -1.62. The molecule has 0 amide bonds. The van der Waals surface area contributed by atoms with E-state index in [1.165, 1.54) is 12.1 Å². The van der Waals surface area contributed by atoms with E-state index >= 15 is 0 Å². The summed E-state index contributed by atoms with van der Waals surface area (Å²) in [5, 5.41) is 11.8. The summed E-state index contributed by atoms with van der Waals surface area (Å²) >= 11 is 0. The molecule has 0 fully saturated rings. The molecule has 0 saturated heterocycles. The number of ether oxygens (including phenoxy) is 1. The maximum Gasteiger partial charge on any atom is 0.335 e. The van der Waals surface area contributed by atoms with Crippen LogP contribution in [0.1, 0.15) is 16.1 Å². The molecule has 1 aromatic heterocycles. The van der Waals surface area contributed by atoms with Crippen LogP contribution in [0.5, 0.6) is 0 Å². The Bertz CT molecular complexity index is 353. The van der Waals surface area contributed by atoms with Gasteiger partial charge in [-0.3, -0.25) is 0 Å². The predicted octanol–water partition coefficient (Wildman–Crippen LogP) is 1.15. The third-order valence-corrected chi connectivity index (χ3v) is 1.81. The first-order valence-corrected chi connectivity index (χ1v) is 4.58. The monoisotopic (exact) mass is 210 g/mol. The normalized spacial score (nSPS) is 10.0. The van der Waals surface area contributed by atoms with Crippen molar-refractivity contribution in [1.82, 2.24) is 4.98 Å². The molecular formula is C10H14N2O3. The minimum absolute atomic E-state index is 0.238. The standard InChI is InChI=1S/C10H14N2O3/c1-7-5-8(10(13)14)6-9(12-7)11-3-4-15-2/h5-6H,3-4H2,1-2H3,(H,11,12)(H,13,14). The predicted molar refractivity (Wildman–Crippen MR) is 56.3 cm³/mol. The van der Waals surface area contributed by atoms with E-state index in [0.717, 1.165) is 0 Å². The molecule has 0 aliphatic rings. The van der Waals surface area contributed by atoms with Gasteiger partial charge in [-0.05, 0) is 19.1 Å². The van der Waals surface area contributed by atoms with Crippen LogP contribution in [0.3, 0.4) is 0 Å². The van der Waals surface area contributed by atoms with Gasteiger partial charge in [-0.2, -0.15) is 0 Å². The van der Waals surface area contributed by atoms with Crippen LogP contribution in [0, 0.1) is 6.92 Å². The first-order chi connectivity index (χ1) is 7.13. The molecule has 15 heavy (non-hydrogen) atoms. The van der Waals surface area contributed by atoms with Crippen LogP contribution in [-0.2, 0) is 4.74 Å². The number of aromatic nitrogens is 1. The van der Waals surface area contributed by atoms with Crippen molar-refractivity contribution >= 4 is 11.8 Å². The van der Waals surface area contributed by atoms with Crippen molar-refractivity contribution in [2.45, 2.75) is 6.92 Å². The maximum absolute atomic E-state index is 10.8. The molecule has 0 aliphatic carbocycles. The number of hydrogen-bond acceptors (Lipinski definition) is 4. The van der Waals surface area contributed by atoms with Gasteiger partial charge in [-0.15, -0.1) is 0 Å². The van der Waals surface area contributed by atoms with E-state index in [-0.39, 0.29) is 5.56 Å². The maximum atomic E-state index is 10.8.